The fourth-order valence-electron chi connectivity index (χ4n) is 0.630. The summed E-state index contributed by atoms with van der Waals surface area (Å²) in [6, 6.07) is -0.231. The first-order chi connectivity index (χ1) is 4.09. The van der Waals surface area contributed by atoms with Crippen LogP contribution in [0.5, 0.6) is 0 Å². The van der Waals surface area contributed by atoms with Gasteiger partial charge in [0.2, 0.25) is 0 Å². The van der Waals surface area contributed by atoms with Gasteiger partial charge in [0.1, 0.15) is 0 Å². The van der Waals surface area contributed by atoms with Crippen LogP contribution in [0.25, 0.3) is 0 Å². The summed E-state index contributed by atoms with van der Waals surface area (Å²) < 4.78 is 0. The Hall–Kier alpha value is -0.630. The summed E-state index contributed by atoms with van der Waals surface area (Å²) >= 11 is 0. The summed E-state index contributed by atoms with van der Waals surface area (Å²) in [6.45, 7) is 6.78. The molecule has 0 heterocycles. The van der Waals surface area contributed by atoms with E-state index >= 15 is 0 Å². The van der Waals surface area contributed by atoms with E-state index < -0.39 is 0 Å². The van der Waals surface area contributed by atoms with E-state index in [0.717, 1.165) is 0 Å². The number of ketones is 1. The molecule has 0 aliphatic heterocycles. The molecule has 0 aliphatic rings. The van der Waals surface area contributed by atoms with E-state index in [-0.39, 0.29) is 11.8 Å². The Morgan fingerprint density at radius 2 is 2.11 bits per heavy atom. The number of hydrogen-bond donors (Lipinski definition) is 0. The minimum Gasteiger partial charge on any atom is -0.298 e. The maximum Gasteiger partial charge on any atom is 0.154 e. The quantitative estimate of drug-likeness (QED) is 0.513. The Morgan fingerprint density at radius 1 is 1.67 bits per heavy atom. The smallest absolute Gasteiger partial charge is 0.154 e. The second-order valence-corrected chi connectivity index (χ2v) is 2.11. The van der Waals surface area contributed by atoms with Crippen molar-refractivity contribution in [1.29, 1.82) is 0 Å². The highest BCUT2D eigenvalue weighted by molar-refractivity contribution is 5.89. The Labute approximate surface area is 56.2 Å². The van der Waals surface area contributed by atoms with Crippen molar-refractivity contribution in [3.63, 3.8) is 0 Å². The fourth-order valence-corrected chi connectivity index (χ4v) is 0.630. The number of hydrogen-bond acceptors (Lipinski definition) is 2. The third-order valence-electron chi connectivity index (χ3n) is 1.11. The summed E-state index contributed by atoms with van der Waals surface area (Å²) in [5.41, 5.74) is 0. The molecule has 0 amide bonds. The Kier molecular flexibility index (Phi) is 3.17. The number of likely N-dealkylation sites (N-methyl/N-ethyl adjacent to an activating group) is 1. The van der Waals surface area contributed by atoms with Crippen molar-refractivity contribution in [3.05, 3.63) is 19.6 Å². The van der Waals surface area contributed by atoms with Gasteiger partial charge in [-0.1, -0.05) is 6.08 Å². The van der Waals surface area contributed by atoms with Crippen molar-refractivity contribution >= 4 is 5.78 Å². The molecule has 0 bridgehead atoms. The van der Waals surface area contributed by atoms with Crippen LogP contribution in [0.4, 0.5) is 0 Å². The lowest BCUT2D eigenvalue weighted by atomic mass is 10.2. The van der Waals surface area contributed by atoms with E-state index in [1.165, 1.54) is 0 Å². The number of carbonyl (C=O) groups excluding carboxylic acids is 1. The molecule has 1 radical (unpaired) electrons. The summed E-state index contributed by atoms with van der Waals surface area (Å²) in [7, 11) is 3.63. The lowest BCUT2D eigenvalue weighted by Gasteiger charge is -2.16. The minimum absolute atomic E-state index is 0.116. The lowest BCUT2D eigenvalue weighted by Crippen LogP contribution is -2.32. The van der Waals surface area contributed by atoms with Gasteiger partial charge in [0.05, 0.1) is 6.04 Å². The van der Waals surface area contributed by atoms with Crippen molar-refractivity contribution in [2.24, 2.45) is 0 Å². The van der Waals surface area contributed by atoms with Crippen molar-refractivity contribution in [1.82, 2.24) is 4.90 Å². The topological polar surface area (TPSA) is 20.3 Å². The molecule has 0 saturated carbocycles. The molecule has 0 aromatic heterocycles. The normalized spacial score (nSPS) is 13.3. The van der Waals surface area contributed by atoms with E-state index in [1.54, 1.807) is 11.0 Å². The van der Waals surface area contributed by atoms with Gasteiger partial charge in [-0.25, -0.2) is 0 Å². The van der Waals surface area contributed by atoms with Crippen LogP contribution in [-0.4, -0.2) is 30.8 Å². The van der Waals surface area contributed by atoms with Crippen LogP contribution in [0, 0.1) is 6.92 Å². The van der Waals surface area contributed by atoms with E-state index in [4.69, 9.17) is 0 Å². The van der Waals surface area contributed by atoms with Gasteiger partial charge in [-0.2, -0.15) is 0 Å². The zero-order chi connectivity index (χ0) is 7.44. The number of Topliss-reactive ketones (excluding diaryl/α,β-unsaturated/α-hetero) is 1. The molecule has 1 unspecified atom stereocenters. The van der Waals surface area contributed by atoms with Crippen molar-refractivity contribution in [2.45, 2.75) is 6.04 Å². The van der Waals surface area contributed by atoms with Crippen molar-refractivity contribution in [2.75, 3.05) is 14.1 Å². The third-order valence-corrected chi connectivity index (χ3v) is 1.11. The molecule has 0 rings (SSSR count). The predicted molar refractivity (Wildman–Crippen MR) is 38.0 cm³/mol. The second kappa shape index (κ2) is 3.41. The Balaban J connectivity index is 3.98. The molecular weight excluding hydrogens is 114 g/mol. The molecule has 2 nitrogen and oxygen atoms in total. The van der Waals surface area contributed by atoms with Gasteiger partial charge in [-0.3, -0.25) is 9.69 Å². The third kappa shape index (κ3) is 2.42. The number of nitrogens with zero attached hydrogens (tertiary/aromatic N) is 1. The van der Waals surface area contributed by atoms with Gasteiger partial charge in [-0.05, 0) is 14.1 Å². The molecule has 0 fully saturated rings. The number of carbonyl (C=O) groups is 1. The van der Waals surface area contributed by atoms with Crippen molar-refractivity contribution in [3.8, 4) is 0 Å². The Morgan fingerprint density at radius 3 is 2.11 bits per heavy atom. The van der Waals surface area contributed by atoms with Crippen LogP contribution >= 0.6 is 0 Å². The first-order valence-electron chi connectivity index (χ1n) is 2.74. The number of rotatable bonds is 3. The highest BCUT2D eigenvalue weighted by Crippen LogP contribution is 1.93. The van der Waals surface area contributed by atoms with Gasteiger partial charge >= 0.3 is 0 Å². The van der Waals surface area contributed by atoms with E-state index in [9.17, 15) is 4.79 Å². The van der Waals surface area contributed by atoms with Crippen LogP contribution in [0.1, 0.15) is 0 Å². The van der Waals surface area contributed by atoms with Crippen LogP contribution in [0.2, 0.25) is 0 Å². The minimum atomic E-state index is -0.231. The standard InChI is InChI=1S/C7H12NO/c1-5-7(6(2)9)8(3)4/h5,7H,1-2H2,3-4H3. The molecule has 0 N–H and O–H groups in total. The van der Waals surface area contributed by atoms with Gasteiger partial charge in [0, 0.05) is 6.92 Å². The van der Waals surface area contributed by atoms with Gasteiger partial charge in [0.25, 0.3) is 0 Å². The molecule has 51 valence electrons. The first-order valence-corrected chi connectivity index (χ1v) is 2.74. The van der Waals surface area contributed by atoms with Crippen LogP contribution in [0.3, 0.4) is 0 Å². The van der Waals surface area contributed by atoms with E-state index in [0.29, 0.717) is 0 Å². The van der Waals surface area contributed by atoms with Crippen molar-refractivity contribution < 1.29 is 4.79 Å². The fraction of sp³-hybridized carbons (Fsp3) is 0.429. The largest absolute Gasteiger partial charge is 0.298 e. The van der Waals surface area contributed by atoms with Crippen LogP contribution in [-0.2, 0) is 4.79 Å². The first kappa shape index (κ1) is 8.37. The van der Waals surface area contributed by atoms with Crippen LogP contribution < -0.4 is 0 Å². The maximum atomic E-state index is 10.6. The average molecular weight is 126 g/mol. The molecule has 2 heteroatoms. The Bertz CT molecular complexity index is 118. The molecule has 0 aromatic rings. The zero-order valence-electron chi connectivity index (χ0n) is 5.92. The highest BCUT2D eigenvalue weighted by atomic mass is 16.1. The monoisotopic (exact) mass is 126 g/mol. The SMILES string of the molecule is [CH2]C(=O)C(C=C)N(C)C. The van der Waals surface area contributed by atoms with Gasteiger partial charge in [-0.15, -0.1) is 6.58 Å². The maximum absolute atomic E-state index is 10.6. The molecule has 0 spiro atoms. The van der Waals surface area contributed by atoms with E-state index in [1.807, 2.05) is 14.1 Å². The van der Waals surface area contributed by atoms with Gasteiger partial charge < -0.3 is 0 Å². The molecule has 9 heavy (non-hydrogen) atoms. The van der Waals surface area contributed by atoms with Gasteiger partial charge in [0.15, 0.2) is 5.78 Å². The summed E-state index contributed by atoms with van der Waals surface area (Å²) in [4.78, 5) is 12.4. The molecule has 0 saturated heterocycles. The molecule has 0 aliphatic carbocycles. The highest BCUT2D eigenvalue weighted by Gasteiger charge is 2.10. The average Bonchev–Trinajstić information content (AvgIpc) is 1.64. The lowest BCUT2D eigenvalue weighted by molar-refractivity contribution is -0.117. The van der Waals surface area contributed by atoms with E-state index in [2.05, 4.69) is 13.5 Å². The summed E-state index contributed by atoms with van der Waals surface area (Å²) in [5, 5.41) is 0. The zero-order valence-corrected chi connectivity index (χ0v) is 5.92. The molecule has 0 aromatic carbocycles. The predicted octanol–water partition coefficient (Wildman–Crippen LogP) is 0.506. The molecule has 1 atom stereocenters. The molecular formula is C7H12NO. The summed E-state index contributed by atoms with van der Waals surface area (Å²) in [5.74, 6) is -0.116. The van der Waals surface area contributed by atoms with Crippen LogP contribution in [0.15, 0.2) is 12.7 Å². The second-order valence-electron chi connectivity index (χ2n) is 2.11. The summed E-state index contributed by atoms with van der Waals surface area (Å²) in [6.07, 6.45) is 1.58.